The number of nitrogens with zero attached hydrogens (tertiary/aromatic N) is 2. The van der Waals surface area contributed by atoms with Gasteiger partial charge in [0.2, 0.25) is 0 Å². The van der Waals surface area contributed by atoms with Gasteiger partial charge in [-0.2, -0.15) is 18.2 Å². The maximum absolute atomic E-state index is 12.9. The monoisotopic (exact) mass is 376 g/mol. The molecule has 1 heterocycles. The van der Waals surface area contributed by atoms with E-state index in [4.69, 9.17) is 0 Å². The molecule has 0 fully saturated rings. The van der Waals surface area contributed by atoms with E-state index in [-0.39, 0.29) is 5.56 Å². The average molecular weight is 376 g/mol. The van der Waals surface area contributed by atoms with Crippen molar-refractivity contribution >= 4 is 27.5 Å². The van der Waals surface area contributed by atoms with Gasteiger partial charge in [0.15, 0.2) is 4.80 Å². The molecule has 7 heteroatoms. The summed E-state index contributed by atoms with van der Waals surface area (Å²) in [5.74, 6) is -0.710. The molecule has 1 aromatic heterocycles. The van der Waals surface area contributed by atoms with Crippen molar-refractivity contribution in [3.63, 3.8) is 0 Å². The van der Waals surface area contributed by atoms with Crippen molar-refractivity contribution in [3.05, 3.63) is 76.6 Å². The Labute approximate surface area is 151 Å². The fourth-order valence-corrected chi connectivity index (χ4v) is 3.79. The molecule has 0 N–H and O–H groups in total. The number of hydrogen-bond donors (Lipinski definition) is 0. The fourth-order valence-electron chi connectivity index (χ4n) is 2.67. The number of rotatable bonds is 3. The number of aryl methyl sites for hydroxylation is 1. The minimum Gasteiger partial charge on any atom is -0.312 e. The molecule has 0 aliphatic rings. The maximum Gasteiger partial charge on any atom is 0.416 e. The Kier molecular flexibility index (Phi) is 4.82. The van der Waals surface area contributed by atoms with E-state index in [2.05, 4.69) is 11.6 Å². The molecule has 0 spiro atoms. The largest absolute Gasteiger partial charge is 0.416 e. The van der Waals surface area contributed by atoms with Gasteiger partial charge < -0.3 is 4.57 Å². The smallest absolute Gasteiger partial charge is 0.312 e. The Morgan fingerprint density at radius 2 is 2.00 bits per heavy atom. The highest BCUT2D eigenvalue weighted by molar-refractivity contribution is 7.16. The first-order valence-corrected chi connectivity index (χ1v) is 8.59. The van der Waals surface area contributed by atoms with Gasteiger partial charge in [-0.25, -0.2) is 0 Å². The zero-order valence-electron chi connectivity index (χ0n) is 13.9. The van der Waals surface area contributed by atoms with Crippen LogP contribution in [0.25, 0.3) is 10.2 Å². The van der Waals surface area contributed by atoms with E-state index in [1.165, 1.54) is 23.5 Å². The van der Waals surface area contributed by atoms with Gasteiger partial charge in [-0.05, 0) is 36.8 Å². The molecule has 0 radical (unpaired) electrons. The normalized spacial score (nSPS) is 12.5. The van der Waals surface area contributed by atoms with Gasteiger partial charge in [0.1, 0.15) is 0 Å². The Hall–Kier alpha value is -2.67. The van der Waals surface area contributed by atoms with Crippen LogP contribution in [-0.2, 0) is 12.7 Å². The van der Waals surface area contributed by atoms with Crippen LogP contribution in [0, 0.1) is 6.92 Å². The third kappa shape index (κ3) is 3.48. The zero-order valence-corrected chi connectivity index (χ0v) is 14.7. The second-order valence-corrected chi connectivity index (χ2v) is 6.71. The molecule has 26 heavy (non-hydrogen) atoms. The lowest BCUT2D eigenvalue weighted by atomic mass is 10.1. The number of para-hydroxylation sites is 1. The first-order chi connectivity index (χ1) is 12.3. The van der Waals surface area contributed by atoms with Crippen molar-refractivity contribution in [2.45, 2.75) is 19.6 Å². The summed E-state index contributed by atoms with van der Waals surface area (Å²) in [6.45, 7) is 6.12. The van der Waals surface area contributed by atoms with Crippen molar-refractivity contribution in [1.29, 1.82) is 0 Å². The van der Waals surface area contributed by atoms with Gasteiger partial charge in [0, 0.05) is 12.1 Å². The van der Waals surface area contributed by atoms with Gasteiger partial charge in [0.25, 0.3) is 5.91 Å². The first kappa shape index (κ1) is 18.1. The van der Waals surface area contributed by atoms with E-state index in [1.807, 2.05) is 29.7 Å². The number of hydrogen-bond acceptors (Lipinski definition) is 2. The van der Waals surface area contributed by atoms with E-state index in [0.717, 1.165) is 27.9 Å². The van der Waals surface area contributed by atoms with Crippen LogP contribution in [0.5, 0.6) is 0 Å². The van der Waals surface area contributed by atoms with Crippen LogP contribution >= 0.6 is 11.3 Å². The minimum absolute atomic E-state index is 0.0980. The molecule has 2 aromatic carbocycles. The molecule has 0 saturated heterocycles. The third-order valence-corrected chi connectivity index (χ3v) is 4.89. The lowest BCUT2D eigenvalue weighted by molar-refractivity contribution is -0.137. The third-order valence-electron chi connectivity index (χ3n) is 3.85. The van der Waals surface area contributed by atoms with Crippen LogP contribution in [0.15, 0.2) is 60.1 Å². The molecule has 3 rings (SSSR count). The Morgan fingerprint density at radius 1 is 1.27 bits per heavy atom. The minimum atomic E-state index is -4.51. The summed E-state index contributed by atoms with van der Waals surface area (Å²) in [6, 6.07) is 10.1. The number of thiazole rings is 1. The highest BCUT2D eigenvalue weighted by Crippen LogP contribution is 2.29. The Balaban J connectivity index is 2.13. The van der Waals surface area contributed by atoms with Gasteiger partial charge in [0.05, 0.1) is 15.8 Å². The number of aromatic nitrogens is 1. The molecule has 3 nitrogen and oxygen atoms in total. The van der Waals surface area contributed by atoms with E-state index in [9.17, 15) is 18.0 Å². The lowest BCUT2D eigenvalue weighted by Crippen LogP contribution is -2.17. The summed E-state index contributed by atoms with van der Waals surface area (Å²) in [5, 5.41) is 0. The quantitative estimate of drug-likeness (QED) is 0.595. The molecule has 0 unspecified atom stereocenters. The van der Waals surface area contributed by atoms with Crippen LogP contribution in [0.3, 0.4) is 0 Å². The predicted molar refractivity (Wildman–Crippen MR) is 96.1 cm³/mol. The fraction of sp³-hybridized carbons (Fsp3) is 0.158. The van der Waals surface area contributed by atoms with Gasteiger partial charge >= 0.3 is 6.18 Å². The summed E-state index contributed by atoms with van der Waals surface area (Å²) >= 11 is 1.32. The zero-order chi connectivity index (χ0) is 18.9. The lowest BCUT2D eigenvalue weighted by Gasteiger charge is -2.07. The van der Waals surface area contributed by atoms with Crippen molar-refractivity contribution in [2.75, 3.05) is 0 Å². The summed E-state index contributed by atoms with van der Waals surface area (Å²) in [6.07, 6.45) is -2.82. The van der Waals surface area contributed by atoms with E-state index in [0.29, 0.717) is 11.3 Å². The molecular weight excluding hydrogens is 361 g/mol. The van der Waals surface area contributed by atoms with Gasteiger partial charge in [-0.1, -0.05) is 35.6 Å². The van der Waals surface area contributed by atoms with E-state index in [1.54, 1.807) is 6.08 Å². The summed E-state index contributed by atoms with van der Waals surface area (Å²) in [4.78, 5) is 16.9. The second-order valence-electron chi connectivity index (χ2n) is 5.70. The highest BCUT2D eigenvalue weighted by atomic mass is 32.1. The van der Waals surface area contributed by atoms with E-state index < -0.39 is 17.6 Å². The highest BCUT2D eigenvalue weighted by Gasteiger charge is 2.30. The van der Waals surface area contributed by atoms with Crippen LogP contribution in [0.4, 0.5) is 13.2 Å². The van der Waals surface area contributed by atoms with Crippen LogP contribution < -0.4 is 4.80 Å². The molecular formula is C19H15F3N2OS. The van der Waals surface area contributed by atoms with Crippen LogP contribution in [0.2, 0.25) is 0 Å². The first-order valence-electron chi connectivity index (χ1n) is 7.77. The average Bonchev–Trinajstić information content (AvgIpc) is 2.93. The van der Waals surface area contributed by atoms with Crippen LogP contribution in [0.1, 0.15) is 21.5 Å². The number of carbonyl (C=O) groups is 1. The number of amides is 1. The number of alkyl halides is 3. The van der Waals surface area contributed by atoms with Crippen molar-refractivity contribution < 1.29 is 18.0 Å². The SMILES string of the molecule is C=CCn1c(=NC(=O)c2cccc(C(F)(F)F)c2)sc2cccc(C)c21. The Bertz CT molecular complexity index is 1060. The van der Waals surface area contributed by atoms with Gasteiger partial charge in [-0.15, -0.1) is 6.58 Å². The maximum atomic E-state index is 12.9. The number of benzene rings is 2. The molecule has 0 saturated carbocycles. The topological polar surface area (TPSA) is 34.4 Å². The molecule has 134 valence electrons. The number of halogens is 3. The molecule has 0 aliphatic heterocycles. The summed E-state index contributed by atoms with van der Waals surface area (Å²) in [7, 11) is 0. The summed E-state index contributed by atoms with van der Waals surface area (Å²) in [5.41, 5.74) is 0.991. The van der Waals surface area contributed by atoms with Crippen LogP contribution in [-0.4, -0.2) is 10.5 Å². The number of fused-ring (bicyclic) bond motifs is 1. The molecule has 0 bridgehead atoms. The summed E-state index contributed by atoms with van der Waals surface area (Å²) < 4.78 is 41.3. The second kappa shape index (κ2) is 6.92. The Morgan fingerprint density at radius 3 is 2.69 bits per heavy atom. The standard InChI is InChI=1S/C19H15F3N2OS/c1-3-10-24-16-12(2)6-4-9-15(16)26-18(24)23-17(25)13-7-5-8-14(11-13)19(20,21)22/h3-9,11H,1,10H2,2H3. The number of carbonyl (C=O) groups excluding carboxylic acids is 1. The van der Waals surface area contributed by atoms with Crippen molar-refractivity contribution in [3.8, 4) is 0 Å². The van der Waals surface area contributed by atoms with Gasteiger partial charge in [-0.3, -0.25) is 4.79 Å². The number of allylic oxidation sites excluding steroid dienone is 1. The molecule has 3 aromatic rings. The van der Waals surface area contributed by atoms with Crippen molar-refractivity contribution in [1.82, 2.24) is 4.57 Å². The predicted octanol–water partition coefficient (Wildman–Crippen LogP) is 4.96. The molecule has 0 aliphatic carbocycles. The molecule has 1 amide bonds. The molecule has 0 atom stereocenters. The van der Waals surface area contributed by atoms with Crippen molar-refractivity contribution in [2.24, 2.45) is 4.99 Å². The van der Waals surface area contributed by atoms with E-state index >= 15 is 0 Å².